The molecule has 0 bridgehead atoms. The number of carbonyl (C=O) groups excluding carboxylic acids is 2. The molecule has 0 radical (unpaired) electrons. The van der Waals surface area contributed by atoms with Crippen molar-refractivity contribution in [3.63, 3.8) is 0 Å². The standard InChI is InChI=1S/C20H21N3O7/c1-11(24)13-6-14(23(2)9-13)20(25)29-10-17-21-22-19(30-17)12-7-15(26-3)18(28-5)16(8-12)27-4/h6-9H,10H2,1-5H3. The highest BCUT2D eigenvalue weighted by Crippen LogP contribution is 2.40. The number of carbonyl (C=O) groups is 2. The van der Waals surface area contributed by atoms with Gasteiger partial charge in [-0.05, 0) is 25.1 Å². The summed E-state index contributed by atoms with van der Waals surface area (Å²) in [6.07, 6.45) is 1.56. The van der Waals surface area contributed by atoms with Gasteiger partial charge in [0.25, 0.3) is 5.89 Å². The van der Waals surface area contributed by atoms with E-state index in [-0.39, 0.29) is 29.9 Å². The highest BCUT2D eigenvalue weighted by Gasteiger charge is 2.19. The molecule has 10 heteroatoms. The lowest BCUT2D eigenvalue weighted by molar-refractivity contribution is 0.0427. The molecule has 0 saturated carbocycles. The smallest absolute Gasteiger partial charge is 0.355 e. The Morgan fingerprint density at radius 2 is 1.70 bits per heavy atom. The van der Waals surface area contributed by atoms with Crippen LogP contribution in [0.1, 0.15) is 33.7 Å². The van der Waals surface area contributed by atoms with E-state index in [9.17, 15) is 9.59 Å². The van der Waals surface area contributed by atoms with Crippen LogP contribution in [0.2, 0.25) is 0 Å². The fourth-order valence-electron chi connectivity index (χ4n) is 2.79. The third-order valence-electron chi connectivity index (χ3n) is 4.33. The first-order valence-electron chi connectivity index (χ1n) is 8.85. The monoisotopic (exact) mass is 415 g/mol. The normalized spacial score (nSPS) is 10.6. The van der Waals surface area contributed by atoms with Crippen molar-refractivity contribution in [3.05, 3.63) is 41.5 Å². The number of aryl methyl sites for hydroxylation is 1. The van der Waals surface area contributed by atoms with Crippen molar-refractivity contribution < 1.29 is 33.0 Å². The van der Waals surface area contributed by atoms with E-state index in [1.807, 2.05) is 0 Å². The van der Waals surface area contributed by atoms with Crippen molar-refractivity contribution in [2.24, 2.45) is 7.05 Å². The largest absolute Gasteiger partial charge is 0.493 e. The molecule has 30 heavy (non-hydrogen) atoms. The lowest BCUT2D eigenvalue weighted by Crippen LogP contribution is -2.09. The predicted molar refractivity (Wildman–Crippen MR) is 104 cm³/mol. The molecule has 0 saturated heterocycles. The SMILES string of the molecule is COc1cc(-c2nnc(COC(=O)c3cc(C(C)=O)cn3C)o2)cc(OC)c1OC. The zero-order valence-corrected chi connectivity index (χ0v) is 17.2. The summed E-state index contributed by atoms with van der Waals surface area (Å²) in [5.41, 5.74) is 1.21. The van der Waals surface area contributed by atoms with E-state index in [2.05, 4.69) is 10.2 Å². The van der Waals surface area contributed by atoms with Crippen molar-refractivity contribution >= 4 is 11.8 Å². The van der Waals surface area contributed by atoms with Crippen LogP contribution in [0.4, 0.5) is 0 Å². The van der Waals surface area contributed by atoms with Gasteiger partial charge in [-0.2, -0.15) is 0 Å². The molecule has 1 aromatic carbocycles. The van der Waals surface area contributed by atoms with Crippen molar-refractivity contribution in [3.8, 4) is 28.7 Å². The summed E-state index contributed by atoms with van der Waals surface area (Å²) in [5, 5.41) is 7.88. The number of hydrogen-bond acceptors (Lipinski definition) is 9. The Balaban J connectivity index is 1.76. The van der Waals surface area contributed by atoms with Gasteiger partial charge in [0.1, 0.15) is 5.69 Å². The van der Waals surface area contributed by atoms with Crippen LogP contribution in [0, 0.1) is 0 Å². The minimum atomic E-state index is -0.613. The van der Waals surface area contributed by atoms with Crippen molar-refractivity contribution in [1.29, 1.82) is 0 Å². The van der Waals surface area contributed by atoms with E-state index >= 15 is 0 Å². The summed E-state index contributed by atoms with van der Waals surface area (Å²) < 4.78 is 28.3. The summed E-state index contributed by atoms with van der Waals surface area (Å²) in [6.45, 7) is 1.20. The number of Topliss-reactive ketones (excluding diaryl/α,β-unsaturated/α-hetero) is 1. The van der Waals surface area contributed by atoms with Crippen LogP contribution in [-0.2, 0) is 18.4 Å². The first kappa shape index (κ1) is 20.9. The summed E-state index contributed by atoms with van der Waals surface area (Å²) in [7, 11) is 6.16. The number of benzene rings is 1. The molecule has 158 valence electrons. The zero-order chi connectivity index (χ0) is 21.8. The van der Waals surface area contributed by atoms with Crippen LogP contribution in [0.15, 0.2) is 28.8 Å². The maximum absolute atomic E-state index is 12.3. The molecule has 0 amide bonds. The zero-order valence-electron chi connectivity index (χ0n) is 17.2. The van der Waals surface area contributed by atoms with Gasteiger partial charge in [-0.3, -0.25) is 4.79 Å². The second-order valence-electron chi connectivity index (χ2n) is 6.27. The highest BCUT2D eigenvalue weighted by molar-refractivity contribution is 5.97. The number of methoxy groups -OCH3 is 3. The van der Waals surface area contributed by atoms with Gasteiger partial charge in [0.05, 0.1) is 21.3 Å². The molecule has 3 rings (SSSR count). The van der Waals surface area contributed by atoms with Crippen LogP contribution in [0.3, 0.4) is 0 Å². The molecular formula is C20H21N3O7. The molecule has 0 aliphatic heterocycles. The van der Waals surface area contributed by atoms with Crippen molar-refractivity contribution in [2.75, 3.05) is 21.3 Å². The van der Waals surface area contributed by atoms with Gasteiger partial charge in [0, 0.05) is 24.4 Å². The summed E-state index contributed by atoms with van der Waals surface area (Å²) in [4.78, 5) is 23.8. The Morgan fingerprint density at radius 3 is 2.23 bits per heavy atom. The lowest BCUT2D eigenvalue weighted by Gasteiger charge is -2.12. The third kappa shape index (κ3) is 4.12. The van der Waals surface area contributed by atoms with E-state index in [0.717, 1.165) is 0 Å². The number of aromatic nitrogens is 3. The van der Waals surface area contributed by atoms with Crippen LogP contribution in [0.5, 0.6) is 17.2 Å². The van der Waals surface area contributed by atoms with Crippen molar-refractivity contribution in [2.45, 2.75) is 13.5 Å². The van der Waals surface area contributed by atoms with Crippen LogP contribution in [-0.4, -0.2) is 47.8 Å². The maximum Gasteiger partial charge on any atom is 0.355 e. The molecule has 0 aliphatic carbocycles. The molecule has 0 unspecified atom stereocenters. The van der Waals surface area contributed by atoms with Gasteiger partial charge < -0.3 is 27.9 Å². The second kappa shape index (κ2) is 8.68. The Bertz CT molecular complexity index is 1060. The van der Waals surface area contributed by atoms with E-state index in [1.165, 1.54) is 38.9 Å². The van der Waals surface area contributed by atoms with Gasteiger partial charge >= 0.3 is 5.97 Å². The molecule has 0 atom stereocenters. The fraction of sp³-hybridized carbons (Fsp3) is 0.300. The van der Waals surface area contributed by atoms with Gasteiger partial charge in [-0.15, -0.1) is 10.2 Å². The number of ether oxygens (including phenoxy) is 4. The van der Waals surface area contributed by atoms with Crippen molar-refractivity contribution in [1.82, 2.24) is 14.8 Å². The van der Waals surface area contributed by atoms with Gasteiger partial charge in [0.2, 0.25) is 11.6 Å². The number of rotatable bonds is 8. The van der Waals surface area contributed by atoms with E-state index in [0.29, 0.717) is 28.4 Å². The molecule has 10 nitrogen and oxygen atoms in total. The average Bonchev–Trinajstić information content (AvgIpc) is 3.37. The number of esters is 1. The lowest BCUT2D eigenvalue weighted by atomic mass is 10.2. The molecule has 2 aromatic heterocycles. The molecule has 2 heterocycles. The molecule has 0 N–H and O–H groups in total. The third-order valence-corrected chi connectivity index (χ3v) is 4.33. The van der Waals surface area contributed by atoms with E-state index in [4.69, 9.17) is 23.4 Å². The topological polar surface area (TPSA) is 115 Å². The number of nitrogens with zero attached hydrogens (tertiary/aromatic N) is 3. The number of hydrogen-bond donors (Lipinski definition) is 0. The van der Waals surface area contributed by atoms with E-state index in [1.54, 1.807) is 25.4 Å². The Hall–Kier alpha value is -3.82. The Labute approximate surface area is 172 Å². The maximum atomic E-state index is 12.3. The van der Waals surface area contributed by atoms with Gasteiger partial charge in [-0.25, -0.2) is 4.79 Å². The molecule has 0 aliphatic rings. The van der Waals surface area contributed by atoms with Crippen LogP contribution in [0.25, 0.3) is 11.5 Å². The minimum Gasteiger partial charge on any atom is -0.493 e. The minimum absolute atomic E-state index is 0.105. The summed E-state index contributed by atoms with van der Waals surface area (Å²) in [5.74, 6) is 0.844. The Kier molecular flexibility index (Phi) is 6.05. The van der Waals surface area contributed by atoms with Gasteiger partial charge in [-0.1, -0.05) is 0 Å². The second-order valence-corrected chi connectivity index (χ2v) is 6.27. The summed E-state index contributed by atoms with van der Waals surface area (Å²) >= 11 is 0. The molecule has 0 spiro atoms. The Morgan fingerprint density at radius 1 is 1.03 bits per heavy atom. The molecule has 0 fully saturated rings. The quantitative estimate of drug-likeness (QED) is 0.404. The summed E-state index contributed by atoms with van der Waals surface area (Å²) in [6, 6.07) is 4.80. The highest BCUT2D eigenvalue weighted by atomic mass is 16.5. The fourth-order valence-corrected chi connectivity index (χ4v) is 2.79. The van der Waals surface area contributed by atoms with E-state index < -0.39 is 5.97 Å². The molecule has 3 aromatic rings. The number of ketones is 1. The first-order valence-corrected chi connectivity index (χ1v) is 8.85. The average molecular weight is 415 g/mol. The van der Waals surface area contributed by atoms with Crippen LogP contribution >= 0.6 is 0 Å². The predicted octanol–water partition coefficient (Wildman–Crippen LogP) is 2.66. The first-order chi connectivity index (χ1) is 14.4. The molecular weight excluding hydrogens is 394 g/mol. The van der Waals surface area contributed by atoms with Crippen LogP contribution < -0.4 is 14.2 Å². The van der Waals surface area contributed by atoms with Gasteiger partial charge in [0.15, 0.2) is 23.9 Å².